The molecule has 0 amide bonds. The summed E-state index contributed by atoms with van der Waals surface area (Å²) in [5.74, 6) is 0.760. The fraction of sp³-hybridized carbons (Fsp3) is 1.00. The topological polar surface area (TPSA) is 35.5 Å². The summed E-state index contributed by atoms with van der Waals surface area (Å²) in [6.45, 7) is 11.2. The van der Waals surface area contributed by atoms with Gasteiger partial charge >= 0.3 is 0 Å². The van der Waals surface area contributed by atoms with Crippen LogP contribution in [0.2, 0.25) is 0 Å². The second-order valence-corrected chi connectivity index (χ2v) is 5.27. The van der Waals surface area contributed by atoms with Crippen LogP contribution in [0.4, 0.5) is 0 Å². The summed E-state index contributed by atoms with van der Waals surface area (Å²) in [5, 5.41) is 12.6. The fourth-order valence-corrected chi connectivity index (χ4v) is 1.83. The minimum absolute atomic E-state index is 0.231. The van der Waals surface area contributed by atoms with Crippen molar-refractivity contribution < 1.29 is 5.11 Å². The Labute approximate surface area is 101 Å². The van der Waals surface area contributed by atoms with E-state index in [9.17, 15) is 5.11 Å². The van der Waals surface area contributed by atoms with Gasteiger partial charge in [0.15, 0.2) is 0 Å². The maximum Gasteiger partial charge on any atom is 0.0585 e. The molecule has 3 heteroatoms. The standard InChI is InChI=1S/C13H30N2O/c1-6-12(4)9-15(5)8-7-13(10-16)14-11(2)3/h11-14,16H,6-10H2,1-5H3. The predicted molar refractivity (Wildman–Crippen MR) is 70.7 cm³/mol. The highest BCUT2D eigenvalue weighted by Crippen LogP contribution is 2.04. The van der Waals surface area contributed by atoms with Crippen LogP contribution in [-0.2, 0) is 0 Å². The lowest BCUT2D eigenvalue weighted by atomic mass is 10.1. The quantitative estimate of drug-likeness (QED) is 0.633. The molecular formula is C13H30N2O. The van der Waals surface area contributed by atoms with Gasteiger partial charge in [-0.15, -0.1) is 0 Å². The third kappa shape index (κ3) is 8.08. The Morgan fingerprint density at radius 2 is 1.88 bits per heavy atom. The molecular weight excluding hydrogens is 200 g/mol. The number of hydrogen-bond donors (Lipinski definition) is 2. The van der Waals surface area contributed by atoms with Gasteiger partial charge < -0.3 is 15.3 Å². The number of aliphatic hydroxyl groups excluding tert-OH is 1. The van der Waals surface area contributed by atoms with Gasteiger partial charge in [-0.25, -0.2) is 0 Å². The Balaban J connectivity index is 3.74. The lowest BCUT2D eigenvalue weighted by Crippen LogP contribution is -2.40. The van der Waals surface area contributed by atoms with Crippen molar-refractivity contribution in [2.75, 3.05) is 26.7 Å². The van der Waals surface area contributed by atoms with Gasteiger partial charge in [0, 0.05) is 18.6 Å². The molecule has 16 heavy (non-hydrogen) atoms. The molecule has 2 N–H and O–H groups in total. The van der Waals surface area contributed by atoms with E-state index < -0.39 is 0 Å². The van der Waals surface area contributed by atoms with Gasteiger partial charge in [-0.1, -0.05) is 34.1 Å². The Morgan fingerprint density at radius 1 is 1.25 bits per heavy atom. The Bertz CT molecular complexity index is 162. The van der Waals surface area contributed by atoms with Crippen LogP contribution < -0.4 is 5.32 Å². The number of rotatable bonds is 9. The van der Waals surface area contributed by atoms with E-state index in [-0.39, 0.29) is 12.6 Å². The van der Waals surface area contributed by atoms with E-state index in [0.29, 0.717) is 6.04 Å². The van der Waals surface area contributed by atoms with Crippen molar-refractivity contribution in [2.45, 2.75) is 52.6 Å². The van der Waals surface area contributed by atoms with E-state index in [2.05, 4.69) is 45.0 Å². The molecule has 0 aromatic carbocycles. The van der Waals surface area contributed by atoms with Crippen LogP contribution >= 0.6 is 0 Å². The zero-order valence-electron chi connectivity index (χ0n) is 11.7. The number of hydrogen-bond acceptors (Lipinski definition) is 3. The third-order valence-electron chi connectivity index (χ3n) is 2.97. The molecule has 98 valence electrons. The average molecular weight is 230 g/mol. The van der Waals surface area contributed by atoms with E-state index >= 15 is 0 Å². The minimum atomic E-state index is 0.231. The summed E-state index contributed by atoms with van der Waals surface area (Å²) in [7, 11) is 2.16. The maximum absolute atomic E-state index is 9.23. The molecule has 0 bridgehead atoms. The van der Waals surface area contributed by atoms with Gasteiger partial charge in [0.2, 0.25) is 0 Å². The Kier molecular flexibility index (Phi) is 8.90. The molecule has 0 aliphatic rings. The van der Waals surface area contributed by atoms with E-state index in [1.54, 1.807) is 0 Å². The summed E-state index contributed by atoms with van der Waals surface area (Å²) < 4.78 is 0. The first-order valence-electron chi connectivity index (χ1n) is 6.55. The van der Waals surface area contributed by atoms with Gasteiger partial charge in [-0.2, -0.15) is 0 Å². The first-order valence-corrected chi connectivity index (χ1v) is 6.55. The van der Waals surface area contributed by atoms with Crippen LogP contribution in [0.5, 0.6) is 0 Å². The zero-order chi connectivity index (χ0) is 12.6. The van der Waals surface area contributed by atoms with Crippen LogP contribution in [0.15, 0.2) is 0 Å². The summed E-state index contributed by atoms with van der Waals surface area (Å²) in [4.78, 5) is 2.36. The smallest absolute Gasteiger partial charge is 0.0585 e. The third-order valence-corrected chi connectivity index (χ3v) is 2.97. The van der Waals surface area contributed by atoms with Gasteiger partial charge in [0.1, 0.15) is 0 Å². The van der Waals surface area contributed by atoms with E-state index in [1.807, 2.05) is 0 Å². The van der Waals surface area contributed by atoms with Crippen LogP contribution in [0.3, 0.4) is 0 Å². The van der Waals surface area contributed by atoms with Crippen LogP contribution in [0, 0.1) is 5.92 Å². The van der Waals surface area contributed by atoms with Crippen LogP contribution in [0.25, 0.3) is 0 Å². The summed E-state index contributed by atoms with van der Waals surface area (Å²) >= 11 is 0. The number of nitrogens with zero attached hydrogens (tertiary/aromatic N) is 1. The molecule has 0 aromatic heterocycles. The molecule has 0 saturated carbocycles. The normalized spacial score (nSPS) is 15.8. The predicted octanol–water partition coefficient (Wildman–Crippen LogP) is 1.71. The SMILES string of the molecule is CCC(C)CN(C)CCC(CO)NC(C)C. The van der Waals surface area contributed by atoms with Gasteiger partial charge in [0.25, 0.3) is 0 Å². The van der Waals surface area contributed by atoms with Crippen molar-refractivity contribution in [3.8, 4) is 0 Å². The molecule has 3 nitrogen and oxygen atoms in total. The highest BCUT2D eigenvalue weighted by atomic mass is 16.3. The van der Waals surface area contributed by atoms with E-state index in [1.165, 1.54) is 6.42 Å². The first-order chi connectivity index (χ1) is 7.49. The molecule has 0 aromatic rings. The minimum Gasteiger partial charge on any atom is -0.395 e. The highest BCUT2D eigenvalue weighted by molar-refractivity contribution is 4.70. The molecule has 2 unspecified atom stereocenters. The van der Waals surface area contributed by atoms with Crippen molar-refractivity contribution in [3.63, 3.8) is 0 Å². The molecule has 0 aliphatic heterocycles. The molecule has 0 spiro atoms. The van der Waals surface area contributed by atoms with Crippen LogP contribution in [-0.4, -0.2) is 48.8 Å². The highest BCUT2D eigenvalue weighted by Gasteiger charge is 2.10. The first kappa shape index (κ1) is 15.9. The Hall–Kier alpha value is -0.120. The maximum atomic E-state index is 9.23. The van der Waals surface area contributed by atoms with Crippen molar-refractivity contribution in [2.24, 2.45) is 5.92 Å². The Morgan fingerprint density at radius 3 is 2.31 bits per heavy atom. The van der Waals surface area contributed by atoms with E-state index in [4.69, 9.17) is 0 Å². The molecule has 0 fully saturated rings. The molecule has 0 saturated heterocycles. The van der Waals surface area contributed by atoms with Crippen molar-refractivity contribution in [1.82, 2.24) is 10.2 Å². The largest absolute Gasteiger partial charge is 0.395 e. The fourth-order valence-electron chi connectivity index (χ4n) is 1.83. The lowest BCUT2D eigenvalue weighted by molar-refractivity contribution is 0.204. The summed E-state index contributed by atoms with van der Waals surface area (Å²) in [5.41, 5.74) is 0. The van der Waals surface area contributed by atoms with Crippen molar-refractivity contribution in [3.05, 3.63) is 0 Å². The van der Waals surface area contributed by atoms with E-state index in [0.717, 1.165) is 25.4 Å². The second-order valence-electron chi connectivity index (χ2n) is 5.27. The number of nitrogens with one attached hydrogen (secondary N) is 1. The van der Waals surface area contributed by atoms with Crippen molar-refractivity contribution in [1.29, 1.82) is 0 Å². The molecule has 0 radical (unpaired) electrons. The lowest BCUT2D eigenvalue weighted by Gasteiger charge is -2.24. The second kappa shape index (κ2) is 8.97. The van der Waals surface area contributed by atoms with Gasteiger partial charge in [-0.3, -0.25) is 0 Å². The monoisotopic (exact) mass is 230 g/mol. The van der Waals surface area contributed by atoms with Crippen molar-refractivity contribution >= 4 is 0 Å². The summed E-state index contributed by atoms with van der Waals surface area (Å²) in [6, 6.07) is 0.677. The molecule has 0 heterocycles. The number of aliphatic hydroxyl groups is 1. The average Bonchev–Trinajstić information content (AvgIpc) is 2.23. The zero-order valence-corrected chi connectivity index (χ0v) is 11.7. The van der Waals surface area contributed by atoms with Gasteiger partial charge in [0.05, 0.1) is 6.61 Å². The van der Waals surface area contributed by atoms with Gasteiger partial charge in [-0.05, 0) is 25.9 Å². The molecule has 2 atom stereocenters. The van der Waals surface area contributed by atoms with Crippen LogP contribution in [0.1, 0.15) is 40.5 Å². The summed E-state index contributed by atoms with van der Waals surface area (Å²) in [6.07, 6.45) is 2.25. The molecule has 0 rings (SSSR count). The molecule has 0 aliphatic carbocycles.